The Labute approximate surface area is 110 Å². The van der Waals surface area contributed by atoms with Gasteiger partial charge in [-0.1, -0.05) is 13.3 Å². The van der Waals surface area contributed by atoms with E-state index in [1.165, 1.54) is 44.3 Å². The van der Waals surface area contributed by atoms with Crippen molar-refractivity contribution in [2.24, 2.45) is 18.9 Å². The van der Waals surface area contributed by atoms with E-state index >= 15 is 0 Å². The summed E-state index contributed by atoms with van der Waals surface area (Å²) in [7, 11) is 2.02. The van der Waals surface area contributed by atoms with E-state index in [4.69, 9.17) is 0 Å². The molecule has 0 bridgehead atoms. The second-order valence-electron chi connectivity index (χ2n) is 6.38. The van der Waals surface area contributed by atoms with Crippen molar-refractivity contribution in [3.8, 4) is 0 Å². The van der Waals surface area contributed by atoms with Crippen molar-refractivity contribution < 1.29 is 0 Å². The van der Waals surface area contributed by atoms with Crippen LogP contribution in [0.4, 0.5) is 0 Å². The van der Waals surface area contributed by atoms with Crippen LogP contribution in [-0.4, -0.2) is 22.4 Å². The fourth-order valence-corrected chi connectivity index (χ4v) is 3.29. The van der Waals surface area contributed by atoms with Gasteiger partial charge in [-0.05, 0) is 50.1 Å². The number of aromatic nitrogens is 2. The van der Waals surface area contributed by atoms with Gasteiger partial charge in [0.1, 0.15) is 0 Å². The van der Waals surface area contributed by atoms with Crippen molar-refractivity contribution in [2.45, 2.75) is 51.0 Å². The molecule has 0 saturated heterocycles. The Morgan fingerprint density at radius 3 is 2.83 bits per heavy atom. The van der Waals surface area contributed by atoms with Gasteiger partial charge in [0, 0.05) is 25.2 Å². The lowest BCUT2D eigenvalue weighted by atomic mass is 9.73. The Kier molecular flexibility index (Phi) is 3.42. The fraction of sp³-hybridized carbons (Fsp3) is 0.800. The normalized spacial score (nSPS) is 32.7. The van der Waals surface area contributed by atoms with Crippen LogP contribution in [0.25, 0.3) is 0 Å². The molecule has 3 rings (SSSR count). The zero-order valence-electron chi connectivity index (χ0n) is 11.6. The van der Waals surface area contributed by atoms with Gasteiger partial charge in [-0.15, -0.1) is 0 Å². The third-order valence-corrected chi connectivity index (χ3v) is 4.62. The van der Waals surface area contributed by atoms with Crippen LogP contribution in [0.3, 0.4) is 0 Å². The first-order valence-corrected chi connectivity index (χ1v) is 7.45. The van der Waals surface area contributed by atoms with Crippen molar-refractivity contribution in [1.82, 2.24) is 15.1 Å². The van der Waals surface area contributed by atoms with Crippen molar-refractivity contribution in [3.63, 3.8) is 0 Å². The molecule has 0 amide bonds. The number of nitrogens with one attached hydrogen (secondary N) is 1. The maximum absolute atomic E-state index is 4.65. The maximum Gasteiger partial charge on any atom is 0.0658 e. The molecule has 1 heterocycles. The molecule has 2 fully saturated rings. The van der Waals surface area contributed by atoms with Gasteiger partial charge >= 0.3 is 0 Å². The predicted molar refractivity (Wildman–Crippen MR) is 73.5 cm³/mol. The Bertz CT molecular complexity index is 394. The second-order valence-corrected chi connectivity index (χ2v) is 6.38. The summed E-state index contributed by atoms with van der Waals surface area (Å²) in [6.45, 7) is 3.58. The van der Waals surface area contributed by atoms with E-state index in [2.05, 4.69) is 29.6 Å². The largest absolute Gasteiger partial charge is 0.314 e. The molecule has 3 heteroatoms. The smallest absolute Gasteiger partial charge is 0.0658 e. The summed E-state index contributed by atoms with van der Waals surface area (Å²) >= 11 is 0. The molecule has 2 aliphatic rings. The molecular formula is C15H25N3. The van der Waals surface area contributed by atoms with Gasteiger partial charge in [0.25, 0.3) is 0 Å². The molecule has 0 radical (unpaired) electrons. The topological polar surface area (TPSA) is 29.9 Å². The van der Waals surface area contributed by atoms with Gasteiger partial charge in [-0.3, -0.25) is 4.68 Å². The first kappa shape index (κ1) is 12.2. The summed E-state index contributed by atoms with van der Waals surface area (Å²) in [4.78, 5) is 0. The molecule has 3 nitrogen and oxygen atoms in total. The third kappa shape index (κ3) is 2.77. The molecule has 2 aliphatic carbocycles. The van der Waals surface area contributed by atoms with Crippen molar-refractivity contribution in [2.75, 3.05) is 6.54 Å². The minimum Gasteiger partial charge on any atom is -0.314 e. The summed E-state index contributed by atoms with van der Waals surface area (Å²) in [5.41, 5.74) is 1.31. The van der Waals surface area contributed by atoms with E-state index in [0.29, 0.717) is 5.92 Å². The zero-order valence-corrected chi connectivity index (χ0v) is 11.6. The zero-order chi connectivity index (χ0) is 12.5. The summed E-state index contributed by atoms with van der Waals surface area (Å²) in [6, 6.07) is 3.04. The van der Waals surface area contributed by atoms with E-state index < -0.39 is 0 Å². The maximum atomic E-state index is 4.65. The van der Waals surface area contributed by atoms with E-state index in [1.54, 1.807) is 0 Å². The van der Waals surface area contributed by atoms with Crippen LogP contribution >= 0.6 is 0 Å². The van der Waals surface area contributed by atoms with Gasteiger partial charge in [-0.25, -0.2) is 0 Å². The van der Waals surface area contributed by atoms with Crippen molar-refractivity contribution in [3.05, 3.63) is 18.0 Å². The van der Waals surface area contributed by atoms with Crippen molar-refractivity contribution in [1.29, 1.82) is 0 Å². The van der Waals surface area contributed by atoms with Gasteiger partial charge in [-0.2, -0.15) is 5.10 Å². The number of hydrogen-bond donors (Lipinski definition) is 1. The van der Waals surface area contributed by atoms with Crippen molar-refractivity contribution >= 4 is 0 Å². The number of aryl methyl sites for hydroxylation is 1. The molecule has 1 N–H and O–H groups in total. The second kappa shape index (κ2) is 5.04. The molecule has 18 heavy (non-hydrogen) atoms. The first-order chi connectivity index (χ1) is 8.72. The molecule has 0 aliphatic heterocycles. The molecule has 3 atom stereocenters. The Balaban J connectivity index is 1.68. The summed E-state index contributed by atoms with van der Waals surface area (Å²) < 4.78 is 1.94. The summed E-state index contributed by atoms with van der Waals surface area (Å²) in [5.74, 6) is 2.31. The van der Waals surface area contributed by atoms with E-state index in [9.17, 15) is 0 Å². The van der Waals surface area contributed by atoms with Gasteiger partial charge < -0.3 is 5.32 Å². The third-order valence-electron chi connectivity index (χ3n) is 4.62. The molecule has 0 aromatic carbocycles. The Hall–Kier alpha value is -0.830. The molecule has 2 saturated carbocycles. The summed E-state index contributed by atoms with van der Waals surface area (Å²) in [5, 5.41) is 8.36. The Morgan fingerprint density at radius 2 is 2.17 bits per heavy atom. The molecule has 1 aromatic heterocycles. The SMILES string of the molecule is CC1CCC(CNC2CC2)C(c2ccn(C)n2)C1. The monoisotopic (exact) mass is 247 g/mol. The highest BCUT2D eigenvalue weighted by Gasteiger charge is 2.32. The van der Waals surface area contributed by atoms with Gasteiger partial charge in [0.05, 0.1) is 5.69 Å². The fourth-order valence-electron chi connectivity index (χ4n) is 3.29. The average molecular weight is 247 g/mol. The van der Waals surface area contributed by atoms with Crippen LogP contribution in [0, 0.1) is 11.8 Å². The van der Waals surface area contributed by atoms with E-state index in [0.717, 1.165) is 17.9 Å². The summed E-state index contributed by atoms with van der Waals surface area (Å²) in [6.07, 6.45) is 8.92. The van der Waals surface area contributed by atoms with Crippen LogP contribution in [-0.2, 0) is 7.05 Å². The van der Waals surface area contributed by atoms with E-state index in [1.807, 2.05) is 11.7 Å². The minimum atomic E-state index is 0.668. The number of nitrogens with zero attached hydrogens (tertiary/aromatic N) is 2. The highest BCUT2D eigenvalue weighted by Crippen LogP contribution is 2.39. The Morgan fingerprint density at radius 1 is 1.33 bits per heavy atom. The molecule has 100 valence electrons. The average Bonchev–Trinajstić information content (AvgIpc) is 3.09. The lowest BCUT2D eigenvalue weighted by Crippen LogP contribution is -2.32. The first-order valence-electron chi connectivity index (χ1n) is 7.45. The van der Waals surface area contributed by atoms with Crippen LogP contribution in [0.2, 0.25) is 0 Å². The van der Waals surface area contributed by atoms with Crippen LogP contribution in [0.1, 0.15) is 50.6 Å². The molecule has 0 spiro atoms. The standard InChI is InChI=1S/C15H25N3/c1-11-3-4-12(10-16-13-5-6-13)14(9-11)15-7-8-18(2)17-15/h7-8,11-14,16H,3-6,9-10H2,1-2H3. The molecular weight excluding hydrogens is 222 g/mol. The minimum absolute atomic E-state index is 0.668. The molecule has 1 aromatic rings. The number of rotatable bonds is 4. The van der Waals surface area contributed by atoms with Crippen LogP contribution in [0.15, 0.2) is 12.3 Å². The highest BCUT2D eigenvalue weighted by atomic mass is 15.2. The molecule has 3 unspecified atom stereocenters. The van der Waals surface area contributed by atoms with E-state index in [-0.39, 0.29) is 0 Å². The van der Waals surface area contributed by atoms with Gasteiger partial charge in [0.15, 0.2) is 0 Å². The quantitative estimate of drug-likeness (QED) is 0.886. The lowest BCUT2D eigenvalue weighted by Gasteiger charge is -2.34. The number of hydrogen-bond acceptors (Lipinski definition) is 2. The van der Waals surface area contributed by atoms with Gasteiger partial charge in [0.2, 0.25) is 0 Å². The van der Waals surface area contributed by atoms with Crippen LogP contribution in [0.5, 0.6) is 0 Å². The van der Waals surface area contributed by atoms with Crippen LogP contribution < -0.4 is 5.32 Å². The highest BCUT2D eigenvalue weighted by molar-refractivity contribution is 5.10. The predicted octanol–water partition coefficient (Wildman–Crippen LogP) is 2.69. The lowest BCUT2D eigenvalue weighted by molar-refractivity contribution is 0.237.